The SMILES string of the molecule is Cc1cccc(-c2ccc(N3CCC3)cc2)c1. The minimum atomic E-state index is 1.21. The van der Waals surface area contributed by atoms with E-state index in [-0.39, 0.29) is 0 Å². The molecule has 0 saturated carbocycles. The predicted molar refractivity (Wildman–Crippen MR) is 73.4 cm³/mol. The zero-order valence-electron chi connectivity index (χ0n) is 10.2. The van der Waals surface area contributed by atoms with Crippen LogP contribution in [0.25, 0.3) is 11.1 Å². The quantitative estimate of drug-likeness (QED) is 0.747. The molecule has 0 atom stereocenters. The summed E-state index contributed by atoms with van der Waals surface area (Å²) in [7, 11) is 0. The highest BCUT2D eigenvalue weighted by Gasteiger charge is 2.13. The third kappa shape index (κ3) is 2.05. The monoisotopic (exact) mass is 223 g/mol. The van der Waals surface area contributed by atoms with Gasteiger partial charge in [-0.2, -0.15) is 0 Å². The number of benzene rings is 2. The molecule has 17 heavy (non-hydrogen) atoms. The lowest BCUT2D eigenvalue weighted by atomic mass is 10.0. The van der Waals surface area contributed by atoms with Crippen molar-refractivity contribution in [1.29, 1.82) is 0 Å². The Labute approximate surface area is 103 Å². The summed E-state index contributed by atoms with van der Waals surface area (Å²) in [6.07, 6.45) is 1.33. The first kappa shape index (κ1) is 10.4. The maximum absolute atomic E-state index is 2.42. The molecule has 1 saturated heterocycles. The second-order valence-electron chi connectivity index (χ2n) is 4.76. The molecule has 0 aliphatic carbocycles. The smallest absolute Gasteiger partial charge is 0.0366 e. The summed E-state index contributed by atoms with van der Waals surface area (Å²) < 4.78 is 0. The summed E-state index contributed by atoms with van der Waals surface area (Å²) in [6.45, 7) is 4.56. The molecular weight excluding hydrogens is 206 g/mol. The van der Waals surface area contributed by atoms with Gasteiger partial charge in [-0.05, 0) is 36.6 Å². The second-order valence-corrected chi connectivity index (χ2v) is 4.76. The van der Waals surface area contributed by atoms with E-state index in [4.69, 9.17) is 0 Å². The van der Waals surface area contributed by atoms with Crippen LogP contribution in [-0.4, -0.2) is 13.1 Å². The summed E-state index contributed by atoms with van der Waals surface area (Å²) in [5.74, 6) is 0. The van der Waals surface area contributed by atoms with Crippen LogP contribution < -0.4 is 4.90 Å². The second kappa shape index (κ2) is 4.25. The van der Waals surface area contributed by atoms with Gasteiger partial charge in [0.25, 0.3) is 0 Å². The van der Waals surface area contributed by atoms with Crippen LogP contribution in [-0.2, 0) is 0 Å². The number of hydrogen-bond acceptors (Lipinski definition) is 1. The van der Waals surface area contributed by atoms with Crippen LogP contribution >= 0.6 is 0 Å². The van der Waals surface area contributed by atoms with Crippen LogP contribution in [0.4, 0.5) is 5.69 Å². The van der Waals surface area contributed by atoms with Crippen molar-refractivity contribution in [3.63, 3.8) is 0 Å². The van der Waals surface area contributed by atoms with Gasteiger partial charge in [0.1, 0.15) is 0 Å². The number of hydrogen-bond donors (Lipinski definition) is 0. The molecule has 0 unspecified atom stereocenters. The van der Waals surface area contributed by atoms with Crippen molar-refractivity contribution >= 4 is 5.69 Å². The van der Waals surface area contributed by atoms with Gasteiger partial charge in [0.05, 0.1) is 0 Å². The molecule has 1 heterocycles. The van der Waals surface area contributed by atoms with Gasteiger partial charge < -0.3 is 4.90 Å². The first-order chi connectivity index (χ1) is 8.33. The van der Waals surface area contributed by atoms with Gasteiger partial charge in [-0.3, -0.25) is 0 Å². The van der Waals surface area contributed by atoms with Crippen molar-refractivity contribution < 1.29 is 0 Å². The molecule has 0 aromatic heterocycles. The van der Waals surface area contributed by atoms with Gasteiger partial charge in [-0.25, -0.2) is 0 Å². The lowest BCUT2D eigenvalue weighted by Gasteiger charge is -2.33. The Bertz CT molecular complexity index is 509. The molecular formula is C16H17N. The lowest BCUT2D eigenvalue weighted by molar-refractivity contribution is 0.618. The molecule has 3 rings (SSSR count). The fourth-order valence-electron chi connectivity index (χ4n) is 2.26. The normalized spacial score (nSPS) is 14.5. The number of anilines is 1. The first-order valence-corrected chi connectivity index (χ1v) is 6.25. The largest absolute Gasteiger partial charge is 0.371 e. The van der Waals surface area contributed by atoms with Crippen LogP contribution in [0.15, 0.2) is 48.5 Å². The van der Waals surface area contributed by atoms with Crippen LogP contribution in [0.5, 0.6) is 0 Å². The number of aryl methyl sites for hydroxylation is 1. The van der Waals surface area contributed by atoms with E-state index in [0.717, 1.165) is 0 Å². The minimum absolute atomic E-state index is 1.21. The Morgan fingerprint density at radius 2 is 1.65 bits per heavy atom. The highest BCUT2D eigenvalue weighted by molar-refractivity contribution is 5.67. The maximum atomic E-state index is 2.42. The van der Waals surface area contributed by atoms with Crippen LogP contribution in [0.1, 0.15) is 12.0 Å². The molecule has 1 aliphatic heterocycles. The predicted octanol–water partition coefficient (Wildman–Crippen LogP) is 3.87. The van der Waals surface area contributed by atoms with Gasteiger partial charge in [0.15, 0.2) is 0 Å². The van der Waals surface area contributed by atoms with Crippen molar-refractivity contribution in [2.24, 2.45) is 0 Å². The summed E-state index contributed by atoms with van der Waals surface area (Å²) in [4.78, 5) is 2.42. The Morgan fingerprint density at radius 3 is 2.24 bits per heavy atom. The van der Waals surface area contributed by atoms with Crippen LogP contribution in [0, 0.1) is 6.92 Å². The molecule has 0 amide bonds. The summed E-state index contributed by atoms with van der Waals surface area (Å²) in [5.41, 5.74) is 5.28. The van der Waals surface area contributed by atoms with E-state index in [9.17, 15) is 0 Å². The van der Waals surface area contributed by atoms with Gasteiger partial charge in [-0.1, -0.05) is 42.0 Å². The molecule has 0 spiro atoms. The highest BCUT2D eigenvalue weighted by atomic mass is 15.2. The average molecular weight is 223 g/mol. The van der Waals surface area contributed by atoms with Crippen molar-refractivity contribution in [2.75, 3.05) is 18.0 Å². The fraction of sp³-hybridized carbons (Fsp3) is 0.250. The zero-order valence-corrected chi connectivity index (χ0v) is 10.2. The Balaban J connectivity index is 1.88. The van der Waals surface area contributed by atoms with E-state index in [0.29, 0.717) is 0 Å². The van der Waals surface area contributed by atoms with Crippen LogP contribution in [0.2, 0.25) is 0 Å². The van der Waals surface area contributed by atoms with Crippen LogP contribution in [0.3, 0.4) is 0 Å². The molecule has 1 fully saturated rings. The molecule has 1 nitrogen and oxygen atoms in total. The van der Waals surface area contributed by atoms with E-state index in [1.807, 2.05) is 0 Å². The molecule has 0 N–H and O–H groups in total. The van der Waals surface area contributed by atoms with Gasteiger partial charge >= 0.3 is 0 Å². The summed E-state index contributed by atoms with van der Waals surface area (Å²) >= 11 is 0. The molecule has 0 radical (unpaired) electrons. The van der Waals surface area contributed by atoms with Crippen molar-refractivity contribution in [1.82, 2.24) is 0 Å². The third-order valence-corrected chi connectivity index (χ3v) is 3.44. The lowest BCUT2D eigenvalue weighted by Crippen LogP contribution is -2.36. The summed E-state index contributed by atoms with van der Waals surface area (Å²) in [5, 5.41) is 0. The van der Waals surface area contributed by atoms with Crippen molar-refractivity contribution in [2.45, 2.75) is 13.3 Å². The van der Waals surface area contributed by atoms with E-state index in [1.54, 1.807) is 0 Å². The highest BCUT2D eigenvalue weighted by Crippen LogP contribution is 2.25. The number of nitrogens with zero attached hydrogens (tertiary/aromatic N) is 1. The molecule has 1 heteroatoms. The molecule has 2 aromatic carbocycles. The summed E-state index contributed by atoms with van der Waals surface area (Å²) in [6, 6.07) is 17.6. The Morgan fingerprint density at radius 1 is 0.882 bits per heavy atom. The molecule has 2 aromatic rings. The van der Waals surface area contributed by atoms with E-state index < -0.39 is 0 Å². The van der Waals surface area contributed by atoms with Gasteiger partial charge in [0, 0.05) is 18.8 Å². The Kier molecular flexibility index (Phi) is 2.60. The molecule has 0 bridgehead atoms. The Hall–Kier alpha value is -1.76. The minimum Gasteiger partial charge on any atom is -0.371 e. The standard InChI is InChI=1S/C16H17N/c1-13-4-2-5-15(12-13)14-6-8-16(9-7-14)17-10-3-11-17/h2,4-9,12H,3,10-11H2,1H3. The molecule has 1 aliphatic rings. The average Bonchev–Trinajstić information content (AvgIpc) is 2.28. The van der Waals surface area contributed by atoms with Gasteiger partial charge in [0.2, 0.25) is 0 Å². The van der Waals surface area contributed by atoms with Crippen molar-refractivity contribution in [3.05, 3.63) is 54.1 Å². The topological polar surface area (TPSA) is 3.24 Å². The maximum Gasteiger partial charge on any atom is 0.0366 e. The third-order valence-electron chi connectivity index (χ3n) is 3.44. The number of rotatable bonds is 2. The zero-order chi connectivity index (χ0) is 11.7. The molecule has 86 valence electrons. The van der Waals surface area contributed by atoms with E-state index >= 15 is 0 Å². The fourth-order valence-corrected chi connectivity index (χ4v) is 2.26. The first-order valence-electron chi connectivity index (χ1n) is 6.25. The van der Waals surface area contributed by atoms with Crippen molar-refractivity contribution in [3.8, 4) is 11.1 Å². The van der Waals surface area contributed by atoms with E-state index in [2.05, 4.69) is 60.4 Å². The van der Waals surface area contributed by atoms with E-state index in [1.165, 1.54) is 41.9 Å². The van der Waals surface area contributed by atoms with Gasteiger partial charge in [-0.15, -0.1) is 0 Å².